The van der Waals surface area contributed by atoms with Crippen molar-refractivity contribution in [3.05, 3.63) is 182 Å². The van der Waals surface area contributed by atoms with Crippen molar-refractivity contribution in [1.29, 1.82) is 0 Å². The highest BCUT2D eigenvalue weighted by Crippen LogP contribution is 2.42. The van der Waals surface area contributed by atoms with Gasteiger partial charge in [0.1, 0.15) is 5.58 Å². The normalized spacial score (nSPS) is 12.2. The van der Waals surface area contributed by atoms with Gasteiger partial charge in [0.15, 0.2) is 5.58 Å². The Balaban J connectivity index is 1.10. The van der Waals surface area contributed by atoms with Gasteiger partial charge in [-0.05, 0) is 75.8 Å². The lowest BCUT2D eigenvalue weighted by Crippen LogP contribution is -1.96. The first-order chi connectivity index (χ1) is 26.3. The Morgan fingerprint density at radius 1 is 0.302 bits per heavy atom. The third-order valence-corrected chi connectivity index (χ3v) is 11.3. The van der Waals surface area contributed by atoms with Crippen LogP contribution in [0.25, 0.3) is 110 Å². The number of rotatable bonds is 3. The number of para-hydroxylation sites is 4. The Hall–Kier alpha value is -7.10. The molecule has 246 valence electrons. The summed E-state index contributed by atoms with van der Waals surface area (Å²) >= 11 is 0. The molecule has 0 saturated heterocycles. The Morgan fingerprint density at radius 2 is 0.868 bits per heavy atom. The summed E-state index contributed by atoms with van der Waals surface area (Å²) in [4.78, 5) is 0. The van der Waals surface area contributed by atoms with Crippen molar-refractivity contribution in [3.8, 4) is 22.5 Å². The van der Waals surface area contributed by atoms with Crippen LogP contribution in [0.15, 0.2) is 186 Å². The lowest BCUT2D eigenvalue weighted by molar-refractivity contribution is 0.666. The van der Waals surface area contributed by atoms with Crippen LogP contribution in [0.1, 0.15) is 0 Å². The minimum atomic E-state index is 0.903. The van der Waals surface area contributed by atoms with Crippen molar-refractivity contribution in [1.82, 2.24) is 9.13 Å². The number of fused-ring (bicyclic) bond motifs is 12. The van der Waals surface area contributed by atoms with E-state index in [0.29, 0.717) is 0 Å². The predicted molar refractivity (Wildman–Crippen MR) is 223 cm³/mol. The van der Waals surface area contributed by atoms with Gasteiger partial charge in [-0.2, -0.15) is 0 Å². The second kappa shape index (κ2) is 10.7. The monoisotopic (exact) mass is 674 g/mol. The second-order valence-electron chi connectivity index (χ2n) is 14.1. The van der Waals surface area contributed by atoms with Gasteiger partial charge >= 0.3 is 0 Å². The lowest BCUT2D eigenvalue weighted by Gasteiger charge is -2.15. The van der Waals surface area contributed by atoms with Crippen LogP contribution in [-0.2, 0) is 0 Å². The number of nitrogens with zero attached hydrogens (tertiary/aromatic N) is 2. The number of hydrogen-bond donors (Lipinski definition) is 0. The summed E-state index contributed by atoms with van der Waals surface area (Å²) in [6.07, 6.45) is 0. The topological polar surface area (TPSA) is 23.0 Å². The lowest BCUT2D eigenvalue weighted by atomic mass is 9.99. The molecule has 0 N–H and O–H groups in total. The zero-order valence-electron chi connectivity index (χ0n) is 28.6. The first kappa shape index (κ1) is 28.6. The molecular weight excluding hydrogens is 645 g/mol. The SMILES string of the molecule is c1ccc2c(c1)cc(-n1c3ccccc3c3ccc(-c4ccc5c(c4)c4ccccc4n5-c4cccc5c4oc4ccccc45)cc31)c1ccccc12. The number of furan rings is 1. The first-order valence-corrected chi connectivity index (χ1v) is 18.2. The maximum Gasteiger partial charge on any atom is 0.159 e. The molecule has 0 spiro atoms. The average Bonchev–Trinajstić information content (AvgIpc) is 3.88. The molecule has 0 fully saturated rings. The highest BCUT2D eigenvalue weighted by molar-refractivity contribution is 6.17. The van der Waals surface area contributed by atoms with Crippen molar-refractivity contribution >= 4 is 87.1 Å². The van der Waals surface area contributed by atoms with Crippen LogP contribution < -0.4 is 0 Å². The van der Waals surface area contributed by atoms with Crippen LogP contribution in [0.4, 0.5) is 0 Å². The van der Waals surface area contributed by atoms with Gasteiger partial charge in [0.05, 0.1) is 33.4 Å². The zero-order valence-corrected chi connectivity index (χ0v) is 28.6. The molecule has 0 aliphatic heterocycles. The largest absolute Gasteiger partial charge is 0.454 e. The van der Waals surface area contributed by atoms with Gasteiger partial charge in [0.25, 0.3) is 0 Å². The van der Waals surface area contributed by atoms with Gasteiger partial charge in [-0.15, -0.1) is 0 Å². The summed E-state index contributed by atoms with van der Waals surface area (Å²) in [6.45, 7) is 0. The maximum absolute atomic E-state index is 6.54. The Morgan fingerprint density at radius 3 is 1.70 bits per heavy atom. The Kier molecular flexibility index (Phi) is 5.77. The van der Waals surface area contributed by atoms with Crippen molar-refractivity contribution in [2.45, 2.75) is 0 Å². The van der Waals surface area contributed by atoms with Gasteiger partial charge in [-0.3, -0.25) is 0 Å². The van der Waals surface area contributed by atoms with E-state index in [4.69, 9.17) is 4.42 Å². The number of benzene rings is 9. The smallest absolute Gasteiger partial charge is 0.159 e. The molecule has 3 aromatic heterocycles. The van der Waals surface area contributed by atoms with Crippen LogP contribution in [0.3, 0.4) is 0 Å². The van der Waals surface area contributed by atoms with Gasteiger partial charge in [0, 0.05) is 37.7 Å². The van der Waals surface area contributed by atoms with E-state index in [-0.39, 0.29) is 0 Å². The summed E-state index contributed by atoms with van der Waals surface area (Å²) in [5.41, 5.74) is 11.1. The minimum Gasteiger partial charge on any atom is -0.454 e. The van der Waals surface area contributed by atoms with Crippen LogP contribution in [0.2, 0.25) is 0 Å². The molecule has 9 aromatic carbocycles. The van der Waals surface area contributed by atoms with Gasteiger partial charge < -0.3 is 13.6 Å². The van der Waals surface area contributed by atoms with Gasteiger partial charge in [0.2, 0.25) is 0 Å². The standard InChI is InChI=1S/C50H30N2O/c1-2-13-34-33(12-1)30-48(36-15-4-3-14-35(34)36)52-43-20-8-5-16-37(43)39-26-24-32(29-47(39)52)31-25-27-45-42(28-31)38-17-6-9-21-44(38)51(45)46-22-11-19-41-40-18-7-10-23-49(40)53-50(41)46/h1-30H. The van der Waals surface area contributed by atoms with E-state index in [1.54, 1.807) is 0 Å². The summed E-state index contributed by atoms with van der Waals surface area (Å²) in [7, 11) is 0. The average molecular weight is 675 g/mol. The predicted octanol–water partition coefficient (Wildman–Crippen LogP) is 13.8. The summed E-state index contributed by atoms with van der Waals surface area (Å²) in [5.74, 6) is 0. The maximum atomic E-state index is 6.54. The van der Waals surface area contributed by atoms with Crippen molar-refractivity contribution in [3.63, 3.8) is 0 Å². The highest BCUT2D eigenvalue weighted by Gasteiger charge is 2.20. The first-order valence-electron chi connectivity index (χ1n) is 18.2. The molecule has 12 aromatic rings. The zero-order chi connectivity index (χ0) is 34.6. The fourth-order valence-corrected chi connectivity index (χ4v) is 8.95. The molecule has 3 heterocycles. The molecule has 0 saturated carbocycles. The fraction of sp³-hybridized carbons (Fsp3) is 0. The highest BCUT2D eigenvalue weighted by atomic mass is 16.3. The van der Waals surface area contributed by atoms with Crippen LogP contribution in [0.5, 0.6) is 0 Å². The fourth-order valence-electron chi connectivity index (χ4n) is 8.95. The summed E-state index contributed by atoms with van der Waals surface area (Å²) < 4.78 is 11.4. The van der Waals surface area contributed by atoms with E-state index in [9.17, 15) is 0 Å². The van der Waals surface area contributed by atoms with E-state index in [2.05, 4.69) is 185 Å². The van der Waals surface area contributed by atoms with Crippen molar-refractivity contribution in [2.75, 3.05) is 0 Å². The molecular formula is C50H30N2O. The minimum absolute atomic E-state index is 0.903. The van der Waals surface area contributed by atoms with Crippen molar-refractivity contribution < 1.29 is 4.42 Å². The van der Waals surface area contributed by atoms with E-state index in [0.717, 1.165) is 38.7 Å². The summed E-state index contributed by atoms with van der Waals surface area (Å²) in [5, 5.41) is 12.2. The molecule has 0 radical (unpaired) electrons. The summed E-state index contributed by atoms with van der Waals surface area (Å²) in [6, 6.07) is 66.1. The third-order valence-electron chi connectivity index (χ3n) is 11.3. The van der Waals surface area contributed by atoms with Crippen LogP contribution in [0, 0.1) is 0 Å². The molecule has 0 unspecified atom stereocenters. The molecule has 3 heteroatoms. The molecule has 12 rings (SSSR count). The molecule has 0 atom stereocenters. The van der Waals surface area contributed by atoms with E-state index in [1.807, 2.05) is 6.07 Å². The number of aromatic nitrogens is 2. The Labute approximate surface area is 304 Å². The van der Waals surface area contributed by atoms with Gasteiger partial charge in [-0.25, -0.2) is 0 Å². The van der Waals surface area contributed by atoms with E-state index in [1.165, 1.54) is 70.9 Å². The van der Waals surface area contributed by atoms with E-state index < -0.39 is 0 Å². The van der Waals surface area contributed by atoms with Crippen LogP contribution >= 0.6 is 0 Å². The second-order valence-corrected chi connectivity index (χ2v) is 14.1. The van der Waals surface area contributed by atoms with Gasteiger partial charge in [-0.1, -0.05) is 133 Å². The molecule has 53 heavy (non-hydrogen) atoms. The van der Waals surface area contributed by atoms with E-state index >= 15 is 0 Å². The molecule has 0 bridgehead atoms. The molecule has 0 amide bonds. The molecule has 3 nitrogen and oxygen atoms in total. The molecule has 0 aliphatic carbocycles. The quantitative estimate of drug-likeness (QED) is 0.171. The van der Waals surface area contributed by atoms with Crippen molar-refractivity contribution in [2.24, 2.45) is 0 Å². The third kappa shape index (κ3) is 3.99. The van der Waals surface area contributed by atoms with Crippen LogP contribution in [-0.4, -0.2) is 9.13 Å². The Bertz CT molecular complexity index is 3470. The number of hydrogen-bond acceptors (Lipinski definition) is 1. The molecule has 0 aliphatic rings.